The average Bonchev–Trinajstić information content (AvgIpc) is 2.65. The van der Waals surface area contributed by atoms with Gasteiger partial charge in [0.25, 0.3) is 0 Å². The van der Waals surface area contributed by atoms with Crippen LogP contribution in [-0.2, 0) is 4.79 Å². The molecule has 0 aliphatic carbocycles. The minimum atomic E-state index is -0.316. The lowest BCUT2D eigenvalue weighted by molar-refractivity contribution is -0.121. The normalized spacial score (nSPS) is 11.7. The summed E-state index contributed by atoms with van der Waals surface area (Å²) in [4.78, 5) is 24.2. The van der Waals surface area contributed by atoms with Crippen molar-refractivity contribution in [2.75, 3.05) is 6.61 Å². The zero-order valence-corrected chi connectivity index (χ0v) is 15.1. The van der Waals surface area contributed by atoms with E-state index in [9.17, 15) is 14.0 Å². The number of amides is 1. The summed E-state index contributed by atoms with van der Waals surface area (Å²) in [7, 11) is 0. The molecular weight excluding hydrogens is 333 g/mol. The molecule has 4 nitrogen and oxygen atoms in total. The number of benzene rings is 2. The lowest BCUT2D eigenvalue weighted by Crippen LogP contribution is -2.26. The number of hydrogen-bond acceptors (Lipinski definition) is 3. The van der Waals surface area contributed by atoms with E-state index in [1.807, 2.05) is 13.8 Å². The highest BCUT2D eigenvalue weighted by Gasteiger charge is 2.13. The number of halogens is 1. The number of Topliss-reactive ketones (excluding diaryl/α,β-unsaturated/α-hetero) is 1. The third-order valence-electron chi connectivity index (χ3n) is 3.98. The Labute approximate surface area is 153 Å². The maximum Gasteiger partial charge on any atom is 0.220 e. The Hall–Kier alpha value is -2.69. The molecule has 0 aromatic heterocycles. The second kappa shape index (κ2) is 9.70. The minimum Gasteiger partial charge on any atom is -0.494 e. The van der Waals surface area contributed by atoms with Crippen LogP contribution in [0.15, 0.2) is 48.5 Å². The third-order valence-corrected chi connectivity index (χ3v) is 3.98. The van der Waals surface area contributed by atoms with Crippen LogP contribution in [0.3, 0.4) is 0 Å². The predicted octanol–water partition coefficient (Wildman–Crippen LogP) is 4.45. The van der Waals surface area contributed by atoms with Gasteiger partial charge in [-0.1, -0.05) is 19.1 Å². The quantitative estimate of drug-likeness (QED) is 0.674. The number of ether oxygens (including phenoxy) is 1. The van der Waals surface area contributed by atoms with E-state index in [1.54, 1.807) is 36.4 Å². The van der Waals surface area contributed by atoms with E-state index in [-0.39, 0.29) is 36.4 Å². The molecule has 0 bridgehead atoms. The van der Waals surface area contributed by atoms with Gasteiger partial charge in [0.15, 0.2) is 5.78 Å². The van der Waals surface area contributed by atoms with Crippen molar-refractivity contribution in [1.29, 1.82) is 0 Å². The van der Waals surface area contributed by atoms with E-state index < -0.39 is 0 Å². The van der Waals surface area contributed by atoms with Gasteiger partial charge in [-0.15, -0.1) is 0 Å². The van der Waals surface area contributed by atoms with Gasteiger partial charge in [0.1, 0.15) is 11.6 Å². The third kappa shape index (κ3) is 5.99. The zero-order chi connectivity index (χ0) is 18.9. The van der Waals surface area contributed by atoms with Gasteiger partial charge in [-0.25, -0.2) is 4.39 Å². The SMILES string of the molecule is CCCOc1ccc(C(=O)CCC(=O)NC(C)c2ccc(F)cc2)cc1. The van der Waals surface area contributed by atoms with Crippen molar-refractivity contribution in [3.8, 4) is 5.75 Å². The topological polar surface area (TPSA) is 55.4 Å². The standard InChI is InChI=1S/C21H24FNO3/c1-3-14-26-19-10-6-17(7-11-19)20(24)12-13-21(25)23-15(2)16-4-8-18(22)9-5-16/h4-11,15H,3,12-14H2,1-2H3,(H,23,25). The molecule has 0 saturated heterocycles. The summed E-state index contributed by atoms with van der Waals surface area (Å²) in [6, 6.07) is 12.7. The monoisotopic (exact) mass is 357 g/mol. The van der Waals surface area contributed by atoms with E-state index in [1.165, 1.54) is 12.1 Å². The van der Waals surface area contributed by atoms with Crippen molar-refractivity contribution < 1.29 is 18.7 Å². The van der Waals surface area contributed by atoms with Crippen LogP contribution in [0.2, 0.25) is 0 Å². The van der Waals surface area contributed by atoms with Gasteiger partial charge in [-0.05, 0) is 55.3 Å². The summed E-state index contributed by atoms with van der Waals surface area (Å²) in [6.45, 7) is 4.49. The number of hydrogen-bond donors (Lipinski definition) is 1. The maximum absolute atomic E-state index is 12.9. The first-order valence-corrected chi connectivity index (χ1v) is 8.80. The highest BCUT2D eigenvalue weighted by Crippen LogP contribution is 2.15. The fourth-order valence-electron chi connectivity index (χ4n) is 2.48. The van der Waals surface area contributed by atoms with Crippen molar-refractivity contribution in [2.24, 2.45) is 0 Å². The Morgan fingerprint density at radius 3 is 2.31 bits per heavy atom. The highest BCUT2D eigenvalue weighted by atomic mass is 19.1. The lowest BCUT2D eigenvalue weighted by Gasteiger charge is -2.14. The summed E-state index contributed by atoms with van der Waals surface area (Å²) in [5, 5.41) is 2.82. The van der Waals surface area contributed by atoms with Crippen molar-refractivity contribution >= 4 is 11.7 Å². The number of nitrogens with one attached hydrogen (secondary N) is 1. The smallest absolute Gasteiger partial charge is 0.220 e. The Bertz CT molecular complexity index is 726. The molecule has 0 heterocycles. The molecule has 1 amide bonds. The van der Waals surface area contributed by atoms with Crippen LogP contribution in [0.4, 0.5) is 4.39 Å². The maximum atomic E-state index is 12.9. The molecule has 5 heteroatoms. The summed E-state index contributed by atoms with van der Waals surface area (Å²) in [5.41, 5.74) is 1.38. The molecule has 0 fully saturated rings. The Kier molecular flexibility index (Phi) is 7.33. The molecule has 2 aromatic rings. The molecular formula is C21H24FNO3. The van der Waals surface area contributed by atoms with E-state index in [0.717, 1.165) is 17.7 Å². The Balaban J connectivity index is 1.80. The van der Waals surface area contributed by atoms with Gasteiger partial charge in [0.2, 0.25) is 5.91 Å². The Morgan fingerprint density at radius 2 is 1.69 bits per heavy atom. The molecule has 1 atom stereocenters. The first-order chi connectivity index (χ1) is 12.5. The molecule has 0 aliphatic rings. The molecule has 2 rings (SSSR count). The summed E-state index contributed by atoms with van der Waals surface area (Å²) >= 11 is 0. The minimum absolute atomic E-state index is 0.0865. The van der Waals surface area contributed by atoms with Gasteiger partial charge in [-0.2, -0.15) is 0 Å². The molecule has 1 unspecified atom stereocenters. The van der Waals surface area contributed by atoms with Crippen LogP contribution in [0.1, 0.15) is 55.1 Å². The molecule has 0 spiro atoms. The average molecular weight is 357 g/mol. The van der Waals surface area contributed by atoms with Gasteiger partial charge >= 0.3 is 0 Å². The second-order valence-corrected chi connectivity index (χ2v) is 6.14. The number of rotatable bonds is 9. The van der Waals surface area contributed by atoms with Crippen LogP contribution < -0.4 is 10.1 Å². The van der Waals surface area contributed by atoms with Crippen molar-refractivity contribution in [3.05, 3.63) is 65.5 Å². The van der Waals surface area contributed by atoms with E-state index in [4.69, 9.17) is 4.74 Å². The molecule has 2 aromatic carbocycles. The fraction of sp³-hybridized carbons (Fsp3) is 0.333. The van der Waals surface area contributed by atoms with Crippen LogP contribution >= 0.6 is 0 Å². The van der Waals surface area contributed by atoms with Crippen molar-refractivity contribution in [1.82, 2.24) is 5.32 Å². The van der Waals surface area contributed by atoms with Gasteiger partial charge in [0, 0.05) is 18.4 Å². The summed E-state index contributed by atoms with van der Waals surface area (Å²) in [6.07, 6.45) is 1.17. The largest absolute Gasteiger partial charge is 0.494 e. The van der Waals surface area contributed by atoms with Gasteiger partial charge < -0.3 is 10.1 Å². The van der Waals surface area contributed by atoms with Gasteiger partial charge in [-0.3, -0.25) is 9.59 Å². The first kappa shape index (κ1) is 19.6. The predicted molar refractivity (Wildman–Crippen MR) is 98.8 cm³/mol. The number of ketones is 1. The van der Waals surface area contributed by atoms with E-state index in [0.29, 0.717) is 12.2 Å². The highest BCUT2D eigenvalue weighted by molar-refractivity contribution is 5.98. The molecule has 138 valence electrons. The van der Waals surface area contributed by atoms with Crippen molar-refractivity contribution in [3.63, 3.8) is 0 Å². The van der Waals surface area contributed by atoms with Crippen LogP contribution in [0.5, 0.6) is 5.75 Å². The van der Waals surface area contributed by atoms with Crippen LogP contribution in [-0.4, -0.2) is 18.3 Å². The summed E-state index contributed by atoms with van der Waals surface area (Å²) in [5.74, 6) is 0.118. The van der Waals surface area contributed by atoms with Crippen LogP contribution in [0.25, 0.3) is 0 Å². The van der Waals surface area contributed by atoms with E-state index in [2.05, 4.69) is 5.32 Å². The number of carbonyl (C=O) groups excluding carboxylic acids is 2. The molecule has 26 heavy (non-hydrogen) atoms. The second-order valence-electron chi connectivity index (χ2n) is 6.14. The molecule has 1 N–H and O–H groups in total. The number of carbonyl (C=O) groups is 2. The van der Waals surface area contributed by atoms with Crippen LogP contribution in [0, 0.1) is 5.82 Å². The Morgan fingerprint density at radius 1 is 1.04 bits per heavy atom. The van der Waals surface area contributed by atoms with Gasteiger partial charge in [0.05, 0.1) is 12.6 Å². The molecule has 0 aliphatic heterocycles. The molecule has 0 saturated carbocycles. The lowest BCUT2D eigenvalue weighted by atomic mass is 10.1. The summed E-state index contributed by atoms with van der Waals surface area (Å²) < 4.78 is 18.4. The van der Waals surface area contributed by atoms with E-state index >= 15 is 0 Å². The molecule has 0 radical (unpaired) electrons. The fourth-order valence-corrected chi connectivity index (χ4v) is 2.48. The first-order valence-electron chi connectivity index (χ1n) is 8.80. The zero-order valence-electron chi connectivity index (χ0n) is 15.1. The van der Waals surface area contributed by atoms with Crippen molar-refractivity contribution in [2.45, 2.75) is 39.2 Å².